The van der Waals surface area contributed by atoms with Crippen molar-refractivity contribution in [3.05, 3.63) is 66.0 Å². The van der Waals surface area contributed by atoms with Gasteiger partial charge in [0.15, 0.2) is 0 Å². The molecule has 9 heteroatoms. The fraction of sp³-hybridized carbons (Fsp3) is 0.364. The van der Waals surface area contributed by atoms with Gasteiger partial charge in [-0.2, -0.15) is 8.61 Å². The first kappa shape index (κ1) is 22.1. The second-order valence-electron chi connectivity index (χ2n) is 7.79. The number of rotatable bonds is 5. The molecule has 31 heavy (non-hydrogen) atoms. The molecule has 2 aromatic rings. The molecule has 0 N–H and O–H groups in total. The standard InChI is InChI=1S/C22H25FN2O4S2/c23-20-6-4-18(5-7-20)19-12-16-25(17-13-19)31(28,29)22-10-8-21(9-11-22)30(26,27)24-14-2-1-3-15-24/h4-12H,1-3,13-17H2. The summed E-state index contributed by atoms with van der Waals surface area (Å²) in [6, 6.07) is 11.6. The molecule has 0 bridgehead atoms. The van der Waals surface area contributed by atoms with Crippen LogP contribution in [0.4, 0.5) is 4.39 Å². The molecule has 0 amide bonds. The molecule has 4 rings (SSSR count). The first-order valence-corrected chi connectivity index (χ1v) is 13.2. The zero-order chi connectivity index (χ0) is 22.1. The third kappa shape index (κ3) is 4.59. The highest BCUT2D eigenvalue weighted by Crippen LogP contribution is 2.27. The third-order valence-electron chi connectivity index (χ3n) is 5.80. The molecule has 2 aromatic carbocycles. The fourth-order valence-corrected chi connectivity index (χ4v) is 6.88. The predicted molar refractivity (Wildman–Crippen MR) is 117 cm³/mol. The van der Waals surface area contributed by atoms with Crippen molar-refractivity contribution in [3.63, 3.8) is 0 Å². The smallest absolute Gasteiger partial charge is 0.207 e. The van der Waals surface area contributed by atoms with Gasteiger partial charge in [-0.15, -0.1) is 0 Å². The monoisotopic (exact) mass is 464 g/mol. The van der Waals surface area contributed by atoms with Crippen LogP contribution in [0.3, 0.4) is 0 Å². The minimum Gasteiger partial charge on any atom is -0.207 e. The van der Waals surface area contributed by atoms with Crippen LogP contribution in [0, 0.1) is 5.82 Å². The molecule has 0 aliphatic carbocycles. The van der Waals surface area contributed by atoms with E-state index in [1.807, 2.05) is 6.08 Å². The van der Waals surface area contributed by atoms with E-state index in [2.05, 4.69) is 0 Å². The zero-order valence-electron chi connectivity index (χ0n) is 17.1. The Bertz CT molecular complexity index is 1170. The lowest BCUT2D eigenvalue weighted by atomic mass is 10.0. The van der Waals surface area contributed by atoms with Crippen molar-refractivity contribution >= 4 is 25.6 Å². The van der Waals surface area contributed by atoms with E-state index in [0.717, 1.165) is 30.4 Å². The molecule has 2 aliphatic heterocycles. The summed E-state index contributed by atoms with van der Waals surface area (Å²) in [4.78, 5) is 0.189. The van der Waals surface area contributed by atoms with Gasteiger partial charge in [-0.3, -0.25) is 0 Å². The van der Waals surface area contributed by atoms with Gasteiger partial charge < -0.3 is 0 Å². The number of hydrogen-bond donors (Lipinski definition) is 0. The van der Waals surface area contributed by atoms with Gasteiger partial charge in [-0.05, 0) is 66.8 Å². The first-order chi connectivity index (χ1) is 14.8. The molecule has 0 aromatic heterocycles. The van der Waals surface area contributed by atoms with Crippen LogP contribution >= 0.6 is 0 Å². The molecular formula is C22H25FN2O4S2. The number of nitrogens with zero attached hydrogens (tertiary/aromatic N) is 2. The van der Waals surface area contributed by atoms with Crippen LogP contribution in [-0.4, -0.2) is 51.6 Å². The molecule has 2 aliphatic rings. The molecule has 0 unspecified atom stereocenters. The lowest BCUT2D eigenvalue weighted by Crippen LogP contribution is -2.36. The van der Waals surface area contributed by atoms with Crippen LogP contribution in [-0.2, 0) is 20.0 Å². The Morgan fingerprint density at radius 2 is 1.23 bits per heavy atom. The Morgan fingerprint density at radius 1 is 0.677 bits per heavy atom. The highest BCUT2D eigenvalue weighted by atomic mass is 32.2. The van der Waals surface area contributed by atoms with Gasteiger partial charge in [0.25, 0.3) is 0 Å². The maximum Gasteiger partial charge on any atom is 0.243 e. The summed E-state index contributed by atoms with van der Waals surface area (Å²) in [7, 11) is -7.34. The topological polar surface area (TPSA) is 74.8 Å². The first-order valence-electron chi connectivity index (χ1n) is 10.3. The summed E-state index contributed by atoms with van der Waals surface area (Å²) in [5.41, 5.74) is 1.86. The Balaban J connectivity index is 1.50. The summed E-state index contributed by atoms with van der Waals surface area (Å²) in [5, 5.41) is 0. The second-order valence-corrected chi connectivity index (χ2v) is 11.7. The molecule has 0 spiro atoms. The molecule has 0 atom stereocenters. The van der Waals surface area contributed by atoms with Crippen LogP contribution in [0.2, 0.25) is 0 Å². The summed E-state index contributed by atoms with van der Waals surface area (Å²) in [6.45, 7) is 1.51. The van der Waals surface area contributed by atoms with Crippen molar-refractivity contribution in [2.45, 2.75) is 35.5 Å². The van der Waals surface area contributed by atoms with E-state index in [1.165, 1.54) is 45.0 Å². The number of piperidine rings is 1. The Labute approximate surface area is 183 Å². The quantitative estimate of drug-likeness (QED) is 0.679. The summed E-state index contributed by atoms with van der Waals surface area (Å²) >= 11 is 0. The van der Waals surface area contributed by atoms with Crippen molar-refractivity contribution < 1.29 is 21.2 Å². The highest BCUT2D eigenvalue weighted by molar-refractivity contribution is 7.89. The van der Waals surface area contributed by atoms with E-state index >= 15 is 0 Å². The van der Waals surface area contributed by atoms with Gasteiger partial charge in [-0.25, -0.2) is 21.2 Å². The van der Waals surface area contributed by atoms with Crippen molar-refractivity contribution in [3.8, 4) is 0 Å². The predicted octanol–water partition coefficient (Wildman–Crippen LogP) is 3.48. The normalized spacial score (nSPS) is 19.2. The van der Waals surface area contributed by atoms with Crippen LogP contribution in [0.25, 0.3) is 5.57 Å². The van der Waals surface area contributed by atoms with E-state index in [0.29, 0.717) is 26.1 Å². The molecule has 0 radical (unpaired) electrons. The summed E-state index contributed by atoms with van der Waals surface area (Å²) in [6.07, 6.45) is 5.06. The number of hydrogen-bond acceptors (Lipinski definition) is 4. The van der Waals surface area contributed by atoms with Crippen LogP contribution in [0.15, 0.2) is 64.4 Å². The SMILES string of the molecule is O=S(=O)(c1ccc(S(=O)(=O)N2CCCCC2)cc1)N1CC=C(c2ccc(F)cc2)CC1. The minimum atomic E-state index is -3.74. The second kappa shape index (κ2) is 8.82. The van der Waals surface area contributed by atoms with Crippen molar-refractivity contribution in [1.29, 1.82) is 0 Å². The molecular weight excluding hydrogens is 439 g/mol. The van der Waals surface area contributed by atoms with E-state index in [1.54, 1.807) is 12.1 Å². The molecule has 6 nitrogen and oxygen atoms in total. The Hall–Kier alpha value is -2.07. The summed E-state index contributed by atoms with van der Waals surface area (Å²) < 4.78 is 67.6. The maximum atomic E-state index is 13.1. The van der Waals surface area contributed by atoms with Crippen LogP contribution in [0.1, 0.15) is 31.2 Å². The lowest BCUT2D eigenvalue weighted by Gasteiger charge is -2.27. The highest BCUT2D eigenvalue weighted by Gasteiger charge is 2.29. The molecule has 2 heterocycles. The minimum absolute atomic E-state index is 0.0729. The largest absolute Gasteiger partial charge is 0.243 e. The van der Waals surface area contributed by atoms with Gasteiger partial charge in [0, 0.05) is 26.2 Å². The molecule has 1 fully saturated rings. The van der Waals surface area contributed by atoms with E-state index in [4.69, 9.17) is 0 Å². The summed E-state index contributed by atoms with van der Waals surface area (Å²) in [5.74, 6) is -0.310. The van der Waals surface area contributed by atoms with E-state index < -0.39 is 20.0 Å². The van der Waals surface area contributed by atoms with Crippen molar-refractivity contribution in [1.82, 2.24) is 8.61 Å². The number of benzene rings is 2. The van der Waals surface area contributed by atoms with Crippen molar-refractivity contribution in [2.75, 3.05) is 26.2 Å². The van der Waals surface area contributed by atoms with Crippen LogP contribution in [0.5, 0.6) is 0 Å². The van der Waals surface area contributed by atoms with Gasteiger partial charge >= 0.3 is 0 Å². The van der Waals surface area contributed by atoms with Gasteiger partial charge in [-0.1, -0.05) is 24.6 Å². The maximum absolute atomic E-state index is 13.1. The molecule has 1 saturated heterocycles. The average Bonchev–Trinajstić information content (AvgIpc) is 2.80. The van der Waals surface area contributed by atoms with Gasteiger partial charge in [0.2, 0.25) is 20.0 Å². The van der Waals surface area contributed by atoms with Crippen molar-refractivity contribution in [2.24, 2.45) is 0 Å². The van der Waals surface area contributed by atoms with Gasteiger partial charge in [0.1, 0.15) is 5.82 Å². The molecule has 0 saturated carbocycles. The third-order valence-corrected chi connectivity index (χ3v) is 9.59. The number of sulfonamides is 2. The van der Waals surface area contributed by atoms with Crippen LogP contribution < -0.4 is 0 Å². The fourth-order valence-electron chi connectivity index (χ4n) is 3.98. The Morgan fingerprint density at radius 3 is 1.74 bits per heavy atom. The van der Waals surface area contributed by atoms with Gasteiger partial charge in [0.05, 0.1) is 9.79 Å². The number of halogens is 1. The Kier molecular flexibility index (Phi) is 6.30. The van der Waals surface area contributed by atoms with E-state index in [9.17, 15) is 21.2 Å². The lowest BCUT2D eigenvalue weighted by molar-refractivity contribution is 0.346. The average molecular weight is 465 g/mol. The van der Waals surface area contributed by atoms with E-state index in [-0.39, 0.29) is 22.2 Å². The zero-order valence-corrected chi connectivity index (χ0v) is 18.7. The molecule has 166 valence electrons.